The number of para-hydroxylation sites is 4. The Kier molecular flexibility index (Phi) is 10.4. The van der Waals surface area contributed by atoms with E-state index in [-0.39, 0.29) is 0 Å². The molecule has 0 saturated heterocycles. The zero-order valence-electron chi connectivity index (χ0n) is 39.9. The van der Waals surface area contributed by atoms with Gasteiger partial charge in [-0.05, 0) is 159 Å². The zero-order chi connectivity index (χ0) is 48.4. The summed E-state index contributed by atoms with van der Waals surface area (Å²) in [5.41, 5.74) is 22.0. The maximum atomic E-state index is 3.75. The molecule has 0 atom stereocenters. The molecule has 4 aliphatic rings. The third kappa shape index (κ3) is 7.18. The van der Waals surface area contributed by atoms with Gasteiger partial charge in [0.2, 0.25) is 0 Å². The SMILES string of the molecule is Brc1ccc2c(c1)N(c1ccccc1)c1c(cc3cccc4c3c1CC=C4)N2c1ccccc1.C1=Cc2cccc3cc4c(c(c23)C1)N(c1ccccc1)c1cc(-c2ccccc2)ccc1N4c1ccccc1. The molecule has 0 bridgehead atoms. The van der Waals surface area contributed by atoms with E-state index in [0.29, 0.717) is 0 Å². The van der Waals surface area contributed by atoms with Crippen molar-refractivity contribution in [2.24, 2.45) is 0 Å². The first kappa shape index (κ1) is 42.9. The fourth-order valence-electron chi connectivity index (χ4n) is 11.7. The summed E-state index contributed by atoms with van der Waals surface area (Å²) in [4.78, 5) is 9.79. The van der Waals surface area contributed by atoms with Gasteiger partial charge in [0.15, 0.2) is 0 Å². The van der Waals surface area contributed by atoms with Gasteiger partial charge in [0.25, 0.3) is 0 Å². The molecule has 0 amide bonds. The molecule has 0 unspecified atom stereocenters. The van der Waals surface area contributed by atoms with Crippen molar-refractivity contribution in [3.8, 4) is 11.1 Å². The molecule has 0 N–H and O–H groups in total. The Morgan fingerprint density at radius 3 is 1.18 bits per heavy atom. The second kappa shape index (κ2) is 17.7. The minimum atomic E-state index is 0.899. The first-order valence-corrected chi connectivity index (χ1v) is 25.9. The molecule has 2 heterocycles. The molecular formula is C68H47BrN4. The van der Waals surface area contributed by atoms with E-state index in [2.05, 4.69) is 296 Å². The third-order valence-electron chi connectivity index (χ3n) is 14.7. The average molecular weight is 1000 g/mol. The molecule has 0 radical (unpaired) electrons. The van der Waals surface area contributed by atoms with Crippen LogP contribution in [0.1, 0.15) is 22.3 Å². The number of hydrogen-bond acceptors (Lipinski definition) is 4. The van der Waals surface area contributed by atoms with Crippen molar-refractivity contribution < 1.29 is 0 Å². The lowest BCUT2D eigenvalue weighted by Crippen LogP contribution is -2.25. The van der Waals surface area contributed by atoms with Gasteiger partial charge in [-0.1, -0.05) is 186 Å². The van der Waals surface area contributed by atoms with E-state index in [1.54, 1.807) is 0 Å². The fraction of sp³-hybridized carbons (Fsp3) is 0.0294. The van der Waals surface area contributed by atoms with Crippen LogP contribution >= 0.6 is 15.9 Å². The number of allylic oxidation sites excluding steroid dienone is 2. The summed E-state index contributed by atoms with van der Waals surface area (Å²) in [5.74, 6) is 0. The van der Waals surface area contributed by atoms with Crippen LogP contribution in [0.5, 0.6) is 0 Å². The monoisotopic (exact) mass is 998 g/mol. The van der Waals surface area contributed by atoms with E-state index < -0.39 is 0 Å². The molecular weight excluding hydrogens is 953 g/mol. The van der Waals surface area contributed by atoms with Crippen molar-refractivity contribution >= 4 is 118 Å². The van der Waals surface area contributed by atoms with Crippen molar-refractivity contribution in [1.82, 2.24) is 0 Å². The number of anilines is 12. The van der Waals surface area contributed by atoms with Crippen LogP contribution in [0.2, 0.25) is 0 Å². The Morgan fingerprint density at radius 1 is 0.301 bits per heavy atom. The van der Waals surface area contributed by atoms with E-state index in [9.17, 15) is 0 Å². The molecule has 15 rings (SSSR count). The molecule has 2 aliphatic heterocycles. The first-order chi connectivity index (χ1) is 36.2. The van der Waals surface area contributed by atoms with Crippen LogP contribution in [0.25, 0.3) is 44.8 Å². The van der Waals surface area contributed by atoms with E-state index in [1.165, 1.54) is 112 Å². The number of halogens is 1. The van der Waals surface area contributed by atoms with Crippen LogP contribution in [0, 0.1) is 0 Å². The number of fused-ring (bicyclic) bond motifs is 6. The highest BCUT2D eigenvalue weighted by atomic mass is 79.9. The maximum Gasteiger partial charge on any atom is 0.0745 e. The van der Waals surface area contributed by atoms with Gasteiger partial charge >= 0.3 is 0 Å². The molecule has 0 aromatic heterocycles. The van der Waals surface area contributed by atoms with Gasteiger partial charge in [0.1, 0.15) is 0 Å². The normalized spacial score (nSPS) is 13.5. The molecule has 11 aromatic carbocycles. The van der Waals surface area contributed by atoms with Gasteiger partial charge in [0, 0.05) is 27.2 Å². The second-order valence-electron chi connectivity index (χ2n) is 18.9. The smallest absolute Gasteiger partial charge is 0.0745 e. The summed E-state index contributed by atoms with van der Waals surface area (Å²) in [6.45, 7) is 0. The number of benzene rings is 11. The van der Waals surface area contributed by atoms with Gasteiger partial charge in [0.05, 0.1) is 45.5 Å². The highest BCUT2D eigenvalue weighted by Crippen LogP contribution is 2.60. The summed E-state index contributed by atoms with van der Waals surface area (Å²) in [6, 6.07) is 85.2. The number of hydrogen-bond donors (Lipinski definition) is 0. The zero-order valence-corrected chi connectivity index (χ0v) is 41.5. The lowest BCUT2D eigenvalue weighted by molar-refractivity contribution is 1.14. The van der Waals surface area contributed by atoms with E-state index in [1.807, 2.05) is 0 Å². The third-order valence-corrected chi connectivity index (χ3v) is 15.2. The quantitative estimate of drug-likeness (QED) is 0.170. The summed E-state index contributed by atoms with van der Waals surface area (Å²) in [6.07, 6.45) is 10.9. The van der Waals surface area contributed by atoms with Crippen LogP contribution in [0.3, 0.4) is 0 Å². The van der Waals surface area contributed by atoms with Gasteiger partial charge in [-0.15, -0.1) is 0 Å². The molecule has 11 aromatic rings. The van der Waals surface area contributed by atoms with E-state index in [4.69, 9.17) is 0 Å². The van der Waals surface area contributed by atoms with Crippen LogP contribution in [0.4, 0.5) is 68.2 Å². The fourth-order valence-corrected chi connectivity index (χ4v) is 12.0. The minimum absolute atomic E-state index is 0.899. The summed E-state index contributed by atoms with van der Waals surface area (Å²) >= 11 is 3.75. The van der Waals surface area contributed by atoms with Crippen molar-refractivity contribution in [2.45, 2.75) is 12.8 Å². The van der Waals surface area contributed by atoms with Gasteiger partial charge in [-0.2, -0.15) is 0 Å². The number of nitrogens with zero attached hydrogens (tertiary/aromatic N) is 4. The molecule has 0 saturated carbocycles. The molecule has 73 heavy (non-hydrogen) atoms. The van der Waals surface area contributed by atoms with Gasteiger partial charge in [-0.25, -0.2) is 0 Å². The largest absolute Gasteiger partial charge is 0.306 e. The van der Waals surface area contributed by atoms with Crippen LogP contribution in [0.15, 0.2) is 253 Å². The number of rotatable bonds is 5. The van der Waals surface area contributed by atoms with E-state index >= 15 is 0 Å². The first-order valence-electron chi connectivity index (χ1n) is 25.1. The van der Waals surface area contributed by atoms with Crippen molar-refractivity contribution in [3.05, 3.63) is 275 Å². The maximum absolute atomic E-state index is 3.75. The molecule has 0 spiro atoms. The van der Waals surface area contributed by atoms with Crippen molar-refractivity contribution in [3.63, 3.8) is 0 Å². The molecule has 4 nitrogen and oxygen atoms in total. The highest BCUT2D eigenvalue weighted by Gasteiger charge is 2.36. The lowest BCUT2D eigenvalue weighted by Gasteiger charge is -2.42. The van der Waals surface area contributed by atoms with Gasteiger partial charge < -0.3 is 19.6 Å². The van der Waals surface area contributed by atoms with Crippen LogP contribution < -0.4 is 19.6 Å². The van der Waals surface area contributed by atoms with Crippen molar-refractivity contribution in [2.75, 3.05) is 19.6 Å². The summed E-state index contributed by atoms with van der Waals surface area (Å²) in [7, 11) is 0. The Bertz CT molecular complexity index is 3990. The van der Waals surface area contributed by atoms with Crippen LogP contribution in [-0.4, -0.2) is 0 Å². The second-order valence-corrected chi connectivity index (χ2v) is 19.9. The summed E-state index contributed by atoms with van der Waals surface area (Å²) < 4.78 is 1.07. The lowest BCUT2D eigenvalue weighted by atomic mass is 9.88. The molecule has 2 aliphatic carbocycles. The Labute approximate surface area is 434 Å². The molecule has 0 fully saturated rings. The topological polar surface area (TPSA) is 13.0 Å². The predicted molar refractivity (Wildman–Crippen MR) is 312 cm³/mol. The average Bonchev–Trinajstić information content (AvgIpc) is 3.45. The predicted octanol–water partition coefficient (Wildman–Crippen LogP) is 19.8. The standard InChI is InChI=1S/C37H26N2.C31H21BrN2/c1-4-12-26(13-5-1)28-22-23-33-34(24-28)39(31-19-8-3-9-20-31)37-32-21-11-15-27-14-10-16-29(36(27)32)25-35(37)38(33)30-17-6-2-7-18-30;32-23-17-18-27-28(20-23)34(25-14-5-2-6-15-25)31-26-16-8-10-21-9-7-11-22(30(21)26)19-29(31)33(27)24-12-3-1-4-13-24/h1-20,22-25H,21H2;1-15,17-20H,16H2. The Hall–Kier alpha value is -8.90. The summed E-state index contributed by atoms with van der Waals surface area (Å²) in [5, 5.41) is 5.28. The Morgan fingerprint density at radius 2 is 0.712 bits per heavy atom. The van der Waals surface area contributed by atoms with Gasteiger partial charge in [-0.3, -0.25) is 0 Å². The molecule has 5 heteroatoms. The molecule has 346 valence electrons. The Balaban J connectivity index is 0.000000136. The van der Waals surface area contributed by atoms with Crippen LogP contribution in [-0.2, 0) is 12.8 Å². The van der Waals surface area contributed by atoms with Crippen molar-refractivity contribution in [1.29, 1.82) is 0 Å². The highest BCUT2D eigenvalue weighted by molar-refractivity contribution is 9.10. The minimum Gasteiger partial charge on any atom is -0.306 e. The van der Waals surface area contributed by atoms with E-state index in [0.717, 1.165) is 28.7 Å².